The van der Waals surface area contributed by atoms with Gasteiger partial charge in [-0.05, 0) is 51.5 Å². The van der Waals surface area contributed by atoms with Gasteiger partial charge in [-0.25, -0.2) is 4.79 Å². The SMILES string of the molecule is CC(C)(C)OC(=O)N[C@H]1CCN(c2ccc(O)cc2)C1=O. The second-order valence-electron chi connectivity index (χ2n) is 5.99. The van der Waals surface area contributed by atoms with E-state index in [0.717, 1.165) is 0 Å². The number of hydrogen-bond acceptors (Lipinski definition) is 4. The third-order valence-electron chi connectivity index (χ3n) is 3.06. The first-order valence-electron chi connectivity index (χ1n) is 6.86. The maximum atomic E-state index is 12.3. The zero-order chi connectivity index (χ0) is 15.6. The van der Waals surface area contributed by atoms with E-state index >= 15 is 0 Å². The number of ether oxygens (including phenoxy) is 1. The summed E-state index contributed by atoms with van der Waals surface area (Å²) in [7, 11) is 0. The van der Waals surface area contributed by atoms with Gasteiger partial charge in [0.2, 0.25) is 5.91 Å². The summed E-state index contributed by atoms with van der Waals surface area (Å²) < 4.78 is 5.15. The van der Waals surface area contributed by atoms with Crippen LogP contribution in [0.5, 0.6) is 5.75 Å². The van der Waals surface area contributed by atoms with Gasteiger partial charge >= 0.3 is 6.09 Å². The maximum Gasteiger partial charge on any atom is 0.408 e. The lowest BCUT2D eigenvalue weighted by Gasteiger charge is -2.21. The molecule has 0 aliphatic carbocycles. The third kappa shape index (κ3) is 3.87. The van der Waals surface area contributed by atoms with E-state index in [2.05, 4.69) is 5.32 Å². The van der Waals surface area contributed by atoms with Crippen molar-refractivity contribution >= 4 is 17.7 Å². The Bertz CT molecular complexity index is 534. The third-order valence-corrected chi connectivity index (χ3v) is 3.06. The van der Waals surface area contributed by atoms with Crippen LogP contribution < -0.4 is 10.2 Å². The Morgan fingerprint density at radius 2 is 1.95 bits per heavy atom. The summed E-state index contributed by atoms with van der Waals surface area (Å²) >= 11 is 0. The number of phenolic OH excluding ortho intramolecular Hbond substituents is 1. The largest absolute Gasteiger partial charge is 0.508 e. The number of nitrogens with one attached hydrogen (secondary N) is 1. The first kappa shape index (κ1) is 15.2. The number of benzene rings is 1. The van der Waals surface area contributed by atoms with Gasteiger partial charge in [0.05, 0.1) is 0 Å². The molecule has 1 heterocycles. The van der Waals surface area contributed by atoms with E-state index in [0.29, 0.717) is 18.7 Å². The van der Waals surface area contributed by atoms with Crippen LogP contribution in [0.25, 0.3) is 0 Å². The molecule has 114 valence electrons. The highest BCUT2D eigenvalue weighted by Crippen LogP contribution is 2.23. The van der Waals surface area contributed by atoms with Crippen molar-refractivity contribution in [3.63, 3.8) is 0 Å². The number of carbonyl (C=O) groups is 2. The summed E-state index contributed by atoms with van der Waals surface area (Å²) in [6.45, 7) is 5.83. The fourth-order valence-corrected chi connectivity index (χ4v) is 2.15. The average Bonchev–Trinajstić information content (AvgIpc) is 2.70. The summed E-state index contributed by atoms with van der Waals surface area (Å²) in [5.41, 5.74) is 0.105. The lowest BCUT2D eigenvalue weighted by Crippen LogP contribution is -2.43. The molecule has 6 heteroatoms. The molecule has 0 radical (unpaired) electrons. The van der Waals surface area contributed by atoms with Gasteiger partial charge in [-0.2, -0.15) is 0 Å². The standard InChI is InChI=1S/C15H20N2O4/c1-15(2,3)21-14(20)16-12-8-9-17(13(12)19)10-4-6-11(18)7-5-10/h4-7,12,18H,8-9H2,1-3H3,(H,16,20)/t12-/m0/s1. The molecule has 1 aliphatic heterocycles. The molecule has 0 spiro atoms. The molecular weight excluding hydrogens is 272 g/mol. The van der Waals surface area contributed by atoms with Gasteiger partial charge in [-0.1, -0.05) is 0 Å². The number of nitrogens with zero attached hydrogens (tertiary/aromatic N) is 1. The Morgan fingerprint density at radius 1 is 1.33 bits per heavy atom. The molecule has 1 saturated heterocycles. The van der Waals surface area contributed by atoms with Gasteiger partial charge in [0, 0.05) is 12.2 Å². The minimum atomic E-state index is -0.595. The van der Waals surface area contributed by atoms with Gasteiger partial charge in [-0.3, -0.25) is 4.79 Å². The number of aromatic hydroxyl groups is 1. The first-order valence-corrected chi connectivity index (χ1v) is 6.86. The van der Waals surface area contributed by atoms with Crippen molar-refractivity contribution in [3.05, 3.63) is 24.3 Å². The van der Waals surface area contributed by atoms with Gasteiger partial charge in [0.15, 0.2) is 0 Å². The molecule has 0 bridgehead atoms. The van der Waals surface area contributed by atoms with Gasteiger partial charge in [0.1, 0.15) is 17.4 Å². The minimum Gasteiger partial charge on any atom is -0.508 e. The van der Waals surface area contributed by atoms with Crippen LogP contribution in [0, 0.1) is 0 Å². The first-order chi connectivity index (χ1) is 9.76. The summed E-state index contributed by atoms with van der Waals surface area (Å²) in [6, 6.07) is 5.81. The van der Waals surface area contributed by atoms with Crippen molar-refractivity contribution in [1.82, 2.24) is 5.32 Å². The molecule has 1 fully saturated rings. The smallest absolute Gasteiger partial charge is 0.408 e. The van der Waals surface area contributed by atoms with Crippen LogP contribution >= 0.6 is 0 Å². The number of hydrogen-bond donors (Lipinski definition) is 2. The topological polar surface area (TPSA) is 78.9 Å². The van der Waals surface area contributed by atoms with Crippen molar-refractivity contribution in [2.75, 3.05) is 11.4 Å². The quantitative estimate of drug-likeness (QED) is 0.874. The van der Waals surface area contributed by atoms with Crippen molar-refractivity contribution in [2.24, 2.45) is 0 Å². The van der Waals surface area contributed by atoms with Crippen molar-refractivity contribution in [2.45, 2.75) is 38.8 Å². The zero-order valence-electron chi connectivity index (χ0n) is 12.4. The van der Waals surface area contributed by atoms with Crippen molar-refractivity contribution in [3.8, 4) is 5.75 Å². The molecule has 1 aliphatic rings. The van der Waals surface area contributed by atoms with Gasteiger partial charge in [-0.15, -0.1) is 0 Å². The molecule has 1 aromatic rings. The average molecular weight is 292 g/mol. The Kier molecular flexibility index (Phi) is 4.06. The molecule has 1 atom stereocenters. The minimum absolute atomic E-state index is 0.147. The van der Waals surface area contributed by atoms with Crippen LogP contribution in [0.3, 0.4) is 0 Å². The molecule has 6 nitrogen and oxygen atoms in total. The van der Waals surface area contributed by atoms with E-state index in [1.54, 1.807) is 37.8 Å². The lowest BCUT2D eigenvalue weighted by molar-refractivity contribution is -0.118. The van der Waals surface area contributed by atoms with Crippen LogP contribution in [0.2, 0.25) is 0 Å². The number of carbonyl (C=O) groups excluding carboxylic acids is 2. The summed E-state index contributed by atoms with van der Waals surface area (Å²) in [5.74, 6) is -0.0274. The molecule has 0 aromatic heterocycles. The van der Waals surface area contributed by atoms with Crippen molar-refractivity contribution in [1.29, 1.82) is 0 Å². The molecule has 1 aromatic carbocycles. The van der Waals surface area contributed by atoms with Crippen LogP contribution in [0.1, 0.15) is 27.2 Å². The molecule has 0 saturated carbocycles. The van der Waals surface area contributed by atoms with E-state index in [1.165, 1.54) is 12.1 Å². The van der Waals surface area contributed by atoms with E-state index in [1.807, 2.05) is 0 Å². The molecule has 2 rings (SSSR count). The Labute approximate surface area is 123 Å². The number of amides is 2. The number of phenols is 1. The van der Waals surface area contributed by atoms with E-state index in [9.17, 15) is 14.7 Å². The zero-order valence-corrected chi connectivity index (χ0v) is 12.4. The lowest BCUT2D eigenvalue weighted by atomic mass is 10.2. The van der Waals surface area contributed by atoms with Crippen LogP contribution in [-0.4, -0.2) is 35.3 Å². The highest BCUT2D eigenvalue weighted by Gasteiger charge is 2.34. The Morgan fingerprint density at radius 3 is 2.52 bits per heavy atom. The van der Waals surface area contributed by atoms with Gasteiger partial charge in [0.25, 0.3) is 0 Å². The highest BCUT2D eigenvalue weighted by atomic mass is 16.6. The van der Waals surface area contributed by atoms with E-state index in [4.69, 9.17) is 4.74 Å². The normalized spacial score (nSPS) is 18.7. The summed E-state index contributed by atoms with van der Waals surface area (Å²) in [4.78, 5) is 25.6. The predicted molar refractivity (Wildman–Crippen MR) is 78.2 cm³/mol. The fourth-order valence-electron chi connectivity index (χ4n) is 2.15. The highest BCUT2D eigenvalue weighted by molar-refractivity contribution is 6.00. The number of rotatable bonds is 2. The van der Waals surface area contributed by atoms with Gasteiger partial charge < -0.3 is 20.1 Å². The molecule has 2 amide bonds. The monoisotopic (exact) mass is 292 g/mol. The fraction of sp³-hybridized carbons (Fsp3) is 0.467. The van der Waals surface area contributed by atoms with E-state index in [-0.39, 0.29) is 11.7 Å². The molecule has 21 heavy (non-hydrogen) atoms. The molecular formula is C15H20N2O4. The molecule has 0 unspecified atom stereocenters. The predicted octanol–water partition coefficient (Wildman–Crippen LogP) is 2.02. The summed E-state index contributed by atoms with van der Waals surface area (Å²) in [5, 5.41) is 11.9. The number of alkyl carbamates (subject to hydrolysis) is 1. The van der Waals surface area contributed by atoms with Crippen LogP contribution in [-0.2, 0) is 9.53 Å². The Balaban J connectivity index is 1.98. The van der Waals surface area contributed by atoms with Crippen LogP contribution in [0.4, 0.5) is 10.5 Å². The second-order valence-corrected chi connectivity index (χ2v) is 5.99. The number of anilines is 1. The van der Waals surface area contributed by atoms with E-state index < -0.39 is 17.7 Å². The summed E-state index contributed by atoms with van der Waals surface area (Å²) in [6.07, 6.45) is -0.0627. The van der Waals surface area contributed by atoms with Crippen molar-refractivity contribution < 1.29 is 19.4 Å². The Hall–Kier alpha value is -2.24. The second kappa shape index (κ2) is 5.63. The van der Waals surface area contributed by atoms with Crippen LogP contribution in [0.15, 0.2) is 24.3 Å². The molecule has 2 N–H and O–H groups in total. The maximum absolute atomic E-state index is 12.3.